The molecule has 1 fully saturated rings. The van der Waals surface area contributed by atoms with Gasteiger partial charge in [-0.05, 0) is 49.9 Å². The van der Waals surface area contributed by atoms with Crippen LogP contribution >= 0.6 is 0 Å². The van der Waals surface area contributed by atoms with Gasteiger partial charge in [-0.1, -0.05) is 31.2 Å². The summed E-state index contributed by atoms with van der Waals surface area (Å²) in [6.45, 7) is 8.46. The molecule has 144 valence electrons. The first kappa shape index (κ1) is 19.4. The average molecular weight is 367 g/mol. The molecule has 2 heterocycles. The zero-order valence-electron chi connectivity index (χ0n) is 16.4. The number of aryl methyl sites for hydroxylation is 1. The number of pyridine rings is 1. The molecule has 1 aromatic carbocycles. The molecule has 3 rings (SSSR count). The van der Waals surface area contributed by atoms with Crippen LogP contribution in [0.3, 0.4) is 0 Å². The second kappa shape index (κ2) is 9.00. The number of hydrogen-bond acceptors (Lipinski definition) is 5. The minimum absolute atomic E-state index is 0.141. The number of nitrogens with zero attached hydrogens (tertiary/aromatic N) is 2. The molecule has 0 radical (unpaired) electrons. The molecule has 1 N–H and O–H groups in total. The van der Waals surface area contributed by atoms with Crippen LogP contribution in [0.15, 0.2) is 42.6 Å². The van der Waals surface area contributed by atoms with Crippen LogP contribution in [-0.4, -0.2) is 36.2 Å². The Morgan fingerprint density at radius 1 is 1.26 bits per heavy atom. The Morgan fingerprint density at radius 2 is 2.00 bits per heavy atom. The molecule has 0 saturated carbocycles. The largest absolute Gasteiger partial charge is 0.459 e. The Morgan fingerprint density at radius 3 is 2.70 bits per heavy atom. The molecule has 0 aliphatic carbocycles. The van der Waals surface area contributed by atoms with Gasteiger partial charge in [-0.25, -0.2) is 9.78 Å². The lowest BCUT2D eigenvalue weighted by Crippen LogP contribution is -2.33. The van der Waals surface area contributed by atoms with Crippen molar-refractivity contribution in [3.8, 4) is 0 Å². The lowest BCUT2D eigenvalue weighted by Gasteiger charge is -2.21. The van der Waals surface area contributed by atoms with Crippen LogP contribution in [-0.2, 0) is 17.7 Å². The molecule has 2 aromatic rings. The van der Waals surface area contributed by atoms with Crippen LogP contribution in [0.4, 0.5) is 5.82 Å². The number of hydrogen-bond donors (Lipinski definition) is 1. The number of rotatable bonds is 7. The Hall–Kier alpha value is -2.40. The summed E-state index contributed by atoms with van der Waals surface area (Å²) in [5.74, 6) is 0.417. The van der Waals surface area contributed by atoms with E-state index < -0.39 is 0 Å². The van der Waals surface area contributed by atoms with Crippen LogP contribution in [0.1, 0.15) is 48.7 Å². The van der Waals surface area contributed by atoms with Crippen molar-refractivity contribution in [1.29, 1.82) is 0 Å². The monoisotopic (exact) mass is 367 g/mol. The van der Waals surface area contributed by atoms with Gasteiger partial charge in [0.2, 0.25) is 0 Å². The van der Waals surface area contributed by atoms with Crippen LogP contribution < -0.4 is 10.2 Å². The molecule has 1 aromatic heterocycles. The van der Waals surface area contributed by atoms with Gasteiger partial charge in [0.05, 0.1) is 6.10 Å². The second-order valence-electron chi connectivity index (χ2n) is 7.31. The highest BCUT2D eigenvalue weighted by molar-refractivity contribution is 5.94. The predicted octanol–water partition coefficient (Wildman–Crippen LogP) is 3.58. The van der Waals surface area contributed by atoms with Crippen LogP contribution in [0.25, 0.3) is 0 Å². The number of carbonyl (C=O) groups is 1. The number of ether oxygens (including phenoxy) is 1. The van der Waals surface area contributed by atoms with Gasteiger partial charge in [-0.3, -0.25) is 0 Å². The van der Waals surface area contributed by atoms with Gasteiger partial charge in [0.15, 0.2) is 0 Å². The van der Waals surface area contributed by atoms with Crippen LogP contribution in [0, 0.1) is 0 Å². The van der Waals surface area contributed by atoms with E-state index in [4.69, 9.17) is 4.74 Å². The maximum absolute atomic E-state index is 12.4. The first-order valence-electron chi connectivity index (χ1n) is 9.79. The fourth-order valence-corrected chi connectivity index (χ4v) is 3.36. The minimum Gasteiger partial charge on any atom is -0.459 e. The molecule has 0 amide bonds. The summed E-state index contributed by atoms with van der Waals surface area (Å²) >= 11 is 0. The maximum atomic E-state index is 12.4. The van der Waals surface area contributed by atoms with Crippen molar-refractivity contribution in [3.63, 3.8) is 0 Å². The number of esters is 1. The SMILES string of the molecule is CCc1ccc(CNC2CCN(c3ncccc3C(=O)OC(C)C)C2)cc1. The Labute approximate surface area is 161 Å². The van der Waals surface area contributed by atoms with E-state index in [0.717, 1.165) is 38.3 Å². The second-order valence-corrected chi connectivity index (χ2v) is 7.31. The number of anilines is 1. The van der Waals surface area contributed by atoms with Crippen molar-refractivity contribution in [2.45, 2.75) is 52.3 Å². The summed E-state index contributed by atoms with van der Waals surface area (Å²) in [6, 6.07) is 12.7. The van der Waals surface area contributed by atoms with Crippen molar-refractivity contribution >= 4 is 11.8 Å². The zero-order valence-corrected chi connectivity index (χ0v) is 16.4. The van der Waals surface area contributed by atoms with E-state index in [2.05, 4.69) is 46.4 Å². The fourth-order valence-electron chi connectivity index (χ4n) is 3.36. The molecule has 5 heteroatoms. The summed E-state index contributed by atoms with van der Waals surface area (Å²) in [4.78, 5) is 19.0. The first-order valence-corrected chi connectivity index (χ1v) is 9.79. The Kier molecular flexibility index (Phi) is 6.45. The van der Waals surface area contributed by atoms with Gasteiger partial charge >= 0.3 is 5.97 Å². The number of benzene rings is 1. The quantitative estimate of drug-likeness (QED) is 0.758. The van der Waals surface area contributed by atoms with E-state index in [-0.39, 0.29) is 12.1 Å². The van der Waals surface area contributed by atoms with Crippen molar-refractivity contribution in [2.75, 3.05) is 18.0 Å². The van der Waals surface area contributed by atoms with E-state index in [1.54, 1.807) is 18.3 Å². The Balaban J connectivity index is 1.60. The fraction of sp³-hybridized carbons (Fsp3) is 0.455. The van der Waals surface area contributed by atoms with Gasteiger partial charge in [-0.15, -0.1) is 0 Å². The van der Waals surface area contributed by atoms with Crippen molar-refractivity contribution in [2.24, 2.45) is 0 Å². The zero-order chi connectivity index (χ0) is 19.2. The lowest BCUT2D eigenvalue weighted by atomic mass is 10.1. The van der Waals surface area contributed by atoms with E-state index >= 15 is 0 Å². The van der Waals surface area contributed by atoms with E-state index in [0.29, 0.717) is 11.6 Å². The summed E-state index contributed by atoms with van der Waals surface area (Å²) in [7, 11) is 0. The standard InChI is InChI=1S/C22H29N3O2/c1-4-17-7-9-18(10-8-17)14-24-19-11-13-25(15-19)21-20(6-5-12-23-21)22(26)27-16(2)3/h5-10,12,16,19,24H,4,11,13-15H2,1-3H3. The molecule has 1 atom stereocenters. The summed E-state index contributed by atoms with van der Waals surface area (Å²) in [5.41, 5.74) is 3.20. The molecule has 1 saturated heterocycles. The van der Waals surface area contributed by atoms with Crippen LogP contribution in [0.2, 0.25) is 0 Å². The van der Waals surface area contributed by atoms with Crippen molar-refractivity contribution < 1.29 is 9.53 Å². The highest BCUT2D eigenvalue weighted by Crippen LogP contribution is 2.23. The average Bonchev–Trinajstić information content (AvgIpc) is 3.15. The molecule has 1 aliphatic rings. The smallest absolute Gasteiger partial charge is 0.342 e. The normalized spacial score (nSPS) is 16.7. The molecule has 27 heavy (non-hydrogen) atoms. The molecule has 5 nitrogen and oxygen atoms in total. The minimum atomic E-state index is -0.305. The van der Waals surface area contributed by atoms with Gasteiger partial charge in [0.1, 0.15) is 11.4 Å². The molecule has 1 unspecified atom stereocenters. The van der Waals surface area contributed by atoms with Crippen molar-refractivity contribution in [1.82, 2.24) is 10.3 Å². The topological polar surface area (TPSA) is 54.5 Å². The number of aromatic nitrogens is 1. The third-order valence-electron chi connectivity index (χ3n) is 4.86. The van der Waals surface area contributed by atoms with Gasteiger partial charge in [0.25, 0.3) is 0 Å². The predicted molar refractivity (Wildman–Crippen MR) is 108 cm³/mol. The van der Waals surface area contributed by atoms with Crippen molar-refractivity contribution in [3.05, 3.63) is 59.3 Å². The van der Waals surface area contributed by atoms with E-state index in [1.165, 1.54) is 11.1 Å². The highest BCUT2D eigenvalue weighted by atomic mass is 16.5. The molecular formula is C22H29N3O2. The summed E-state index contributed by atoms with van der Waals surface area (Å²) < 4.78 is 5.37. The van der Waals surface area contributed by atoms with E-state index in [9.17, 15) is 4.79 Å². The van der Waals surface area contributed by atoms with Gasteiger partial charge in [0, 0.05) is 31.9 Å². The number of carbonyl (C=O) groups excluding carboxylic acids is 1. The van der Waals surface area contributed by atoms with Gasteiger partial charge in [-0.2, -0.15) is 0 Å². The lowest BCUT2D eigenvalue weighted by molar-refractivity contribution is 0.0378. The van der Waals surface area contributed by atoms with Crippen LogP contribution in [0.5, 0.6) is 0 Å². The van der Waals surface area contributed by atoms with E-state index in [1.807, 2.05) is 13.8 Å². The molecule has 1 aliphatic heterocycles. The molecular weight excluding hydrogens is 338 g/mol. The first-order chi connectivity index (χ1) is 13.1. The summed E-state index contributed by atoms with van der Waals surface area (Å²) in [5, 5.41) is 3.63. The number of nitrogens with one attached hydrogen (secondary N) is 1. The van der Waals surface area contributed by atoms with Gasteiger partial charge < -0.3 is 15.0 Å². The summed E-state index contributed by atoms with van der Waals surface area (Å²) in [6.07, 6.45) is 3.69. The highest BCUT2D eigenvalue weighted by Gasteiger charge is 2.27. The Bertz CT molecular complexity index is 758. The maximum Gasteiger partial charge on any atom is 0.342 e. The molecule has 0 spiro atoms. The molecule has 0 bridgehead atoms. The third kappa shape index (κ3) is 5.07. The third-order valence-corrected chi connectivity index (χ3v) is 4.86.